The van der Waals surface area contributed by atoms with Gasteiger partial charge in [-0.15, -0.1) is 0 Å². The number of carbonyl (C=O) groups is 2. The number of rotatable bonds is 2. The SMILES string of the molecule is CC(=O)N1CCC[C@@H](c2cccc(N3C(=O)OCC3(C)C)n2)C1. The molecule has 2 aliphatic rings. The zero-order valence-corrected chi connectivity index (χ0v) is 13.9. The van der Waals surface area contributed by atoms with Crippen LogP contribution in [0.4, 0.5) is 10.6 Å². The molecule has 2 saturated heterocycles. The summed E-state index contributed by atoms with van der Waals surface area (Å²) in [5, 5.41) is 0. The second-order valence-corrected chi connectivity index (χ2v) is 6.93. The first-order valence-corrected chi connectivity index (χ1v) is 8.08. The van der Waals surface area contributed by atoms with E-state index in [-0.39, 0.29) is 17.9 Å². The molecular weight excluding hydrogens is 294 g/mol. The normalized spacial score (nSPS) is 23.8. The highest BCUT2D eigenvalue weighted by Gasteiger charge is 2.42. The number of nitrogens with zero attached hydrogens (tertiary/aromatic N) is 3. The topological polar surface area (TPSA) is 62.7 Å². The quantitative estimate of drug-likeness (QED) is 0.841. The van der Waals surface area contributed by atoms with Crippen LogP contribution in [0.5, 0.6) is 0 Å². The Labute approximate surface area is 136 Å². The van der Waals surface area contributed by atoms with E-state index in [0.717, 1.165) is 25.1 Å². The van der Waals surface area contributed by atoms with E-state index >= 15 is 0 Å². The molecule has 23 heavy (non-hydrogen) atoms. The molecule has 6 heteroatoms. The Balaban J connectivity index is 1.85. The molecule has 1 aromatic rings. The number of pyridine rings is 1. The molecule has 0 unspecified atom stereocenters. The average molecular weight is 317 g/mol. The number of hydrogen-bond donors (Lipinski definition) is 0. The lowest BCUT2D eigenvalue weighted by atomic mass is 9.94. The fourth-order valence-electron chi connectivity index (χ4n) is 3.31. The summed E-state index contributed by atoms with van der Waals surface area (Å²) in [7, 11) is 0. The molecule has 1 aromatic heterocycles. The van der Waals surface area contributed by atoms with E-state index in [1.165, 1.54) is 0 Å². The van der Waals surface area contributed by atoms with Gasteiger partial charge in [-0.3, -0.25) is 9.69 Å². The van der Waals surface area contributed by atoms with Crippen LogP contribution in [0.15, 0.2) is 18.2 Å². The van der Waals surface area contributed by atoms with Crippen molar-refractivity contribution in [3.8, 4) is 0 Å². The van der Waals surface area contributed by atoms with Crippen LogP contribution in [0.2, 0.25) is 0 Å². The molecular formula is C17H23N3O3. The predicted octanol–water partition coefficient (Wildman–Crippen LogP) is 2.54. The minimum atomic E-state index is -0.402. The van der Waals surface area contributed by atoms with Gasteiger partial charge in [-0.1, -0.05) is 6.07 Å². The fourth-order valence-corrected chi connectivity index (χ4v) is 3.31. The van der Waals surface area contributed by atoms with Crippen LogP contribution < -0.4 is 4.90 Å². The van der Waals surface area contributed by atoms with Crippen LogP contribution in [-0.4, -0.2) is 47.1 Å². The van der Waals surface area contributed by atoms with Crippen molar-refractivity contribution in [3.63, 3.8) is 0 Å². The van der Waals surface area contributed by atoms with Gasteiger partial charge in [0.1, 0.15) is 12.4 Å². The Morgan fingerprint density at radius 1 is 1.39 bits per heavy atom. The molecule has 3 heterocycles. The Morgan fingerprint density at radius 2 is 2.17 bits per heavy atom. The molecule has 0 saturated carbocycles. The number of likely N-dealkylation sites (tertiary alicyclic amines) is 1. The van der Waals surface area contributed by atoms with Gasteiger partial charge in [0.15, 0.2) is 0 Å². The molecule has 124 valence electrons. The van der Waals surface area contributed by atoms with Crippen molar-refractivity contribution in [1.82, 2.24) is 9.88 Å². The van der Waals surface area contributed by atoms with E-state index in [2.05, 4.69) is 0 Å². The lowest BCUT2D eigenvalue weighted by Gasteiger charge is -2.32. The third-order valence-electron chi connectivity index (χ3n) is 4.61. The first kappa shape index (κ1) is 15.8. The van der Waals surface area contributed by atoms with E-state index < -0.39 is 5.54 Å². The lowest BCUT2D eigenvalue weighted by Crippen LogP contribution is -2.43. The Bertz CT molecular complexity index is 629. The van der Waals surface area contributed by atoms with Crippen LogP contribution in [0.3, 0.4) is 0 Å². The monoisotopic (exact) mass is 317 g/mol. The number of anilines is 1. The van der Waals surface area contributed by atoms with Gasteiger partial charge in [0.05, 0.1) is 5.54 Å². The molecule has 0 bridgehead atoms. The van der Waals surface area contributed by atoms with Gasteiger partial charge in [0.25, 0.3) is 0 Å². The standard InChI is InChI=1S/C17H23N3O3/c1-12(21)19-9-5-6-13(10-19)14-7-4-8-15(18-14)20-16(22)23-11-17(20,2)3/h4,7-8,13H,5-6,9-11H2,1-3H3/t13-/m1/s1. The summed E-state index contributed by atoms with van der Waals surface area (Å²) in [6, 6.07) is 5.74. The van der Waals surface area contributed by atoms with Crippen molar-refractivity contribution in [2.45, 2.75) is 45.1 Å². The van der Waals surface area contributed by atoms with Crippen LogP contribution in [-0.2, 0) is 9.53 Å². The van der Waals surface area contributed by atoms with E-state index in [4.69, 9.17) is 9.72 Å². The van der Waals surface area contributed by atoms with Crippen LogP contribution >= 0.6 is 0 Å². The van der Waals surface area contributed by atoms with Gasteiger partial charge < -0.3 is 9.64 Å². The Morgan fingerprint density at radius 3 is 2.83 bits per heavy atom. The van der Waals surface area contributed by atoms with Gasteiger partial charge >= 0.3 is 6.09 Å². The molecule has 2 aliphatic heterocycles. The zero-order valence-electron chi connectivity index (χ0n) is 13.9. The molecule has 6 nitrogen and oxygen atoms in total. The summed E-state index contributed by atoms with van der Waals surface area (Å²) in [4.78, 5) is 31.8. The molecule has 0 aliphatic carbocycles. The van der Waals surface area contributed by atoms with Crippen LogP contribution in [0.25, 0.3) is 0 Å². The van der Waals surface area contributed by atoms with Crippen LogP contribution in [0, 0.1) is 0 Å². The number of cyclic esters (lactones) is 1. The number of ether oxygens (including phenoxy) is 1. The molecule has 0 spiro atoms. The predicted molar refractivity (Wildman–Crippen MR) is 86.4 cm³/mol. The van der Waals surface area contributed by atoms with Gasteiger partial charge in [0.2, 0.25) is 5.91 Å². The highest BCUT2D eigenvalue weighted by Crippen LogP contribution is 2.31. The smallest absolute Gasteiger partial charge is 0.416 e. The number of hydrogen-bond acceptors (Lipinski definition) is 4. The molecule has 2 amide bonds. The third-order valence-corrected chi connectivity index (χ3v) is 4.61. The number of amides is 2. The van der Waals surface area contributed by atoms with E-state index in [1.807, 2.05) is 36.9 Å². The van der Waals surface area contributed by atoms with E-state index in [0.29, 0.717) is 19.0 Å². The molecule has 0 N–H and O–H groups in total. The van der Waals surface area contributed by atoms with Gasteiger partial charge in [-0.05, 0) is 38.8 Å². The number of carbonyl (C=O) groups excluding carboxylic acids is 2. The van der Waals surface area contributed by atoms with Crippen molar-refractivity contribution in [2.24, 2.45) is 0 Å². The maximum atomic E-state index is 12.0. The first-order valence-electron chi connectivity index (χ1n) is 8.08. The minimum absolute atomic E-state index is 0.107. The molecule has 2 fully saturated rings. The van der Waals surface area contributed by atoms with Crippen molar-refractivity contribution >= 4 is 17.8 Å². The zero-order chi connectivity index (χ0) is 16.6. The minimum Gasteiger partial charge on any atom is -0.447 e. The lowest BCUT2D eigenvalue weighted by molar-refractivity contribution is -0.130. The second-order valence-electron chi connectivity index (χ2n) is 6.93. The Kier molecular flexibility index (Phi) is 4.00. The van der Waals surface area contributed by atoms with Crippen molar-refractivity contribution in [2.75, 3.05) is 24.6 Å². The highest BCUT2D eigenvalue weighted by molar-refractivity contribution is 5.90. The van der Waals surface area contributed by atoms with Crippen LogP contribution in [0.1, 0.15) is 45.2 Å². The van der Waals surface area contributed by atoms with Gasteiger partial charge in [-0.25, -0.2) is 9.78 Å². The second kappa shape index (κ2) is 5.83. The summed E-state index contributed by atoms with van der Waals surface area (Å²) in [5.74, 6) is 0.944. The summed E-state index contributed by atoms with van der Waals surface area (Å²) in [5.41, 5.74) is 0.532. The highest BCUT2D eigenvalue weighted by atomic mass is 16.6. The first-order chi connectivity index (χ1) is 10.9. The molecule has 1 atom stereocenters. The summed E-state index contributed by atoms with van der Waals surface area (Å²) >= 11 is 0. The van der Waals surface area contributed by atoms with Crippen molar-refractivity contribution < 1.29 is 14.3 Å². The number of piperidine rings is 1. The summed E-state index contributed by atoms with van der Waals surface area (Å²) < 4.78 is 5.16. The molecule has 0 aromatic carbocycles. The van der Waals surface area contributed by atoms with E-state index in [1.54, 1.807) is 11.8 Å². The molecule has 3 rings (SSSR count). The molecule has 0 radical (unpaired) electrons. The fraction of sp³-hybridized carbons (Fsp3) is 0.588. The Hall–Kier alpha value is -2.11. The summed E-state index contributed by atoms with van der Waals surface area (Å²) in [6.07, 6.45) is 1.63. The maximum Gasteiger partial charge on any atom is 0.416 e. The van der Waals surface area contributed by atoms with Gasteiger partial charge in [-0.2, -0.15) is 0 Å². The van der Waals surface area contributed by atoms with E-state index in [9.17, 15) is 9.59 Å². The largest absolute Gasteiger partial charge is 0.447 e. The third kappa shape index (κ3) is 3.02. The van der Waals surface area contributed by atoms with Crippen molar-refractivity contribution in [3.05, 3.63) is 23.9 Å². The van der Waals surface area contributed by atoms with Crippen molar-refractivity contribution in [1.29, 1.82) is 0 Å². The summed E-state index contributed by atoms with van der Waals surface area (Å²) in [6.45, 7) is 7.40. The maximum absolute atomic E-state index is 12.0. The average Bonchev–Trinajstić information content (AvgIpc) is 2.81. The van der Waals surface area contributed by atoms with Gasteiger partial charge in [0, 0.05) is 31.6 Å². The number of aromatic nitrogens is 1.